The molecule has 3 aromatic rings. The van der Waals surface area contributed by atoms with Crippen LogP contribution >= 0.6 is 0 Å². The van der Waals surface area contributed by atoms with Crippen LogP contribution in [0.4, 0.5) is 0 Å². The van der Waals surface area contributed by atoms with Crippen LogP contribution in [0.5, 0.6) is 0 Å². The van der Waals surface area contributed by atoms with Crippen molar-refractivity contribution in [2.75, 3.05) is 13.1 Å². The van der Waals surface area contributed by atoms with Gasteiger partial charge in [-0.05, 0) is 31.0 Å². The molecule has 0 spiro atoms. The fraction of sp³-hybridized carbons (Fsp3) is 0.353. The van der Waals surface area contributed by atoms with Gasteiger partial charge < -0.3 is 9.32 Å². The highest BCUT2D eigenvalue weighted by Gasteiger charge is 2.24. The van der Waals surface area contributed by atoms with Crippen LogP contribution in [0.1, 0.15) is 31.4 Å². The smallest absolute Gasteiger partial charge is 0.219 e. The van der Waals surface area contributed by atoms with Crippen LogP contribution in [0.2, 0.25) is 0 Å². The molecule has 1 aliphatic heterocycles. The van der Waals surface area contributed by atoms with Crippen molar-refractivity contribution in [1.82, 2.24) is 20.1 Å². The Kier molecular flexibility index (Phi) is 3.37. The molecule has 1 fully saturated rings. The standard InChI is InChI=1S/C17H18N4O2/c1-11(22)21-8-5-12(6-9-21)17-10-15-16(23-17)3-2-13(19-15)14-4-7-18-20-14/h2-4,7,10,12H,5-6,8-9H2,1H3,(H,18,20). The molecule has 0 aromatic carbocycles. The number of nitrogens with zero attached hydrogens (tertiary/aromatic N) is 3. The zero-order chi connectivity index (χ0) is 15.8. The number of H-pyrrole nitrogens is 1. The van der Waals surface area contributed by atoms with Gasteiger partial charge in [0.15, 0.2) is 5.58 Å². The number of carbonyl (C=O) groups excluding carboxylic acids is 1. The highest BCUT2D eigenvalue weighted by atomic mass is 16.3. The van der Waals surface area contributed by atoms with Gasteiger partial charge in [0.25, 0.3) is 0 Å². The maximum absolute atomic E-state index is 11.4. The summed E-state index contributed by atoms with van der Waals surface area (Å²) in [5.41, 5.74) is 3.41. The SMILES string of the molecule is CC(=O)N1CCC(c2cc3nc(-c4ccn[nH]4)ccc3o2)CC1. The van der Waals surface area contributed by atoms with Crippen molar-refractivity contribution in [3.8, 4) is 11.4 Å². The van der Waals surface area contributed by atoms with Crippen molar-refractivity contribution in [2.45, 2.75) is 25.7 Å². The van der Waals surface area contributed by atoms with Gasteiger partial charge in [-0.25, -0.2) is 4.98 Å². The maximum atomic E-state index is 11.4. The van der Waals surface area contributed by atoms with E-state index in [0.717, 1.165) is 54.2 Å². The third kappa shape index (κ3) is 2.60. The number of pyridine rings is 1. The number of amides is 1. The number of likely N-dealkylation sites (tertiary alicyclic amines) is 1. The van der Waals surface area contributed by atoms with Crippen molar-refractivity contribution in [3.05, 3.63) is 36.2 Å². The summed E-state index contributed by atoms with van der Waals surface area (Å²) >= 11 is 0. The molecule has 4 heterocycles. The lowest BCUT2D eigenvalue weighted by Crippen LogP contribution is -2.36. The first kappa shape index (κ1) is 14.0. The summed E-state index contributed by atoms with van der Waals surface area (Å²) < 4.78 is 5.98. The summed E-state index contributed by atoms with van der Waals surface area (Å²) in [6.45, 7) is 3.22. The van der Waals surface area contributed by atoms with Crippen molar-refractivity contribution < 1.29 is 9.21 Å². The molecule has 23 heavy (non-hydrogen) atoms. The predicted molar refractivity (Wildman–Crippen MR) is 85.8 cm³/mol. The number of rotatable bonds is 2. The largest absolute Gasteiger partial charge is 0.459 e. The van der Waals surface area contributed by atoms with E-state index in [1.165, 1.54) is 0 Å². The van der Waals surface area contributed by atoms with E-state index in [0.29, 0.717) is 5.92 Å². The Labute approximate surface area is 133 Å². The van der Waals surface area contributed by atoms with E-state index in [4.69, 9.17) is 4.42 Å². The molecule has 3 aromatic heterocycles. The molecular weight excluding hydrogens is 292 g/mol. The lowest BCUT2D eigenvalue weighted by molar-refractivity contribution is -0.129. The predicted octanol–water partition coefficient (Wildman–Crippen LogP) is 2.94. The Morgan fingerprint density at radius 3 is 2.83 bits per heavy atom. The van der Waals surface area contributed by atoms with Crippen LogP contribution in [-0.2, 0) is 4.79 Å². The second-order valence-corrected chi connectivity index (χ2v) is 5.98. The normalized spacial score (nSPS) is 16.1. The molecule has 0 saturated carbocycles. The first-order valence-corrected chi connectivity index (χ1v) is 7.86. The molecule has 1 amide bonds. The molecule has 1 saturated heterocycles. The highest BCUT2D eigenvalue weighted by Crippen LogP contribution is 2.32. The van der Waals surface area contributed by atoms with Crippen molar-refractivity contribution in [2.24, 2.45) is 0 Å². The summed E-state index contributed by atoms with van der Waals surface area (Å²) in [7, 11) is 0. The Morgan fingerprint density at radius 1 is 1.30 bits per heavy atom. The average Bonchev–Trinajstić information content (AvgIpc) is 3.23. The number of hydrogen-bond acceptors (Lipinski definition) is 4. The van der Waals surface area contributed by atoms with E-state index in [-0.39, 0.29) is 5.91 Å². The number of aromatic nitrogens is 3. The van der Waals surface area contributed by atoms with Crippen molar-refractivity contribution >= 4 is 17.0 Å². The van der Waals surface area contributed by atoms with Gasteiger partial charge in [-0.1, -0.05) is 0 Å². The fourth-order valence-corrected chi connectivity index (χ4v) is 3.17. The molecule has 0 aliphatic carbocycles. The summed E-state index contributed by atoms with van der Waals surface area (Å²) in [6, 6.07) is 7.81. The van der Waals surface area contributed by atoms with Crippen LogP contribution in [0, 0.1) is 0 Å². The number of nitrogens with one attached hydrogen (secondary N) is 1. The van der Waals surface area contributed by atoms with E-state index >= 15 is 0 Å². The van der Waals surface area contributed by atoms with Crippen LogP contribution in [0.15, 0.2) is 34.9 Å². The highest BCUT2D eigenvalue weighted by molar-refractivity contribution is 5.77. The second kappa shape index (κ2) is 5.53. The number of hydrogen-bond donors (Lipinski definition) is 1. The number of fused-ring (bicyclic) bond motifs is 1. The number of carbonyl (C=O) groups is 1. The van der Waals surface area contributed by atoms with Gasteiger partial charge >= 0.3 is 0 Å². The molecule has 0 unspecified atom stereocenters. The van der Waals surface area contributed by atoms with Crippen molar-refractivity contribution in [1.29, 1.82) is 0 Å². The summed E-state index contributed by atoms with van der Waals surface area (Å²) in [5.74, 6) is 1.48. The van der Waals surface area contributed by atoms with Gasteiger partial charge in [0.05, 0.1) is 11.4 Å². The molecule has 1 aliphatic rings. The minimum Gasteiger partial charge on any atom is -0.459 e. The number of furan rings is 1. The van der Waals surface area contributed by atoms with Crippen LogP contribution < -0.4 is 0 Å². The van der Waals surface area contributed by atoms with Crippen LogP contribution in [0.25, 0.3) is 22.5 Å². The Hall–Kier alpha value is -2.63. The van der Waals surface area contributed by atoms with Crippen LogP contribution in [-0.4, -0.2) is 39.1 Å². The number of piperidine rings is 1. The first-order valence-electron chi connectivity index (χ1n) is 7.86. The monoisotopic (exact) mass is 310 g/mol. The quantitative estimate of drug-likeness (QED) is 0.789. The molecule has 4 rings (SSSR count). The third-order valence-corrected chi connectivity index (χ3v) is 4.51. The summed E-state index contributed by atoms with van der Waals surface area (Å²) in [4.78, 5) is 18.0. The lowest BCUT2D eigenvalue weighted by atomic mass is 9.94. The Bertz CT molecular complexity index is 830. The van der Waals surface area contributed by atoms with Crippen molar-refractivity contribution in [3.63, 3.8) is 0 Å². The van der Waals surface area contributed by atoms with Gasteiger partial charge in [-0.2, -0.15) is 5.10 Å². The van der Waals surface area contributed by atoms with E-state index in [2.05, 4.69) is 15.2 Å². The van der Waals surface area contributed by atoms with Gasteiger partial charge in [0, 0.05) is 38.2 Å². The molecule has 6 heteroatoms. The van der Waals surface area contributed by atoms with E-state index < -0.39 is 0 Å². The molecule has 1 N–H and O–H groups in total. The molecule has 118 valence electrons. The van der Waals surface area contributed by atoms with Gasteiger partial charge in [0.1, 0.15) is 11.3 Å². The maximum Gasteiger partial charge on any atom is 0.219 e. The van der Waals surface area contributed by atoms with Crippen LogP contribution in [0.3, 0.4) is 0 Å². The lowest BCUT2D eigenvalue weighted by Gasteiger charge is -2.30. The zero-order valence-corrected chi connectivity index (χ0v) is 13.0. The topological polar surface area (TPSA) is 75.0 Å². The summed E-state index contributed by atoms with van der Waals surface area (Å²) in [5, 5.41) is 6.88. The van der Waals surface area contributed by atoms with Gasteiger partial charge in [0.2, 0.25) is 5.91 Å². The molecule has 0 radical (unpaired) electrons. The minimum absolute atomic E-state index is 0.152. The van der Waals surface area contributed by atoms with E-state index in [1.807, 2.05) is 29.2 Å². The molecule has 0 bridgehead atoms. The third-order valence-electron chi connectivity index (χ3n) is 4.51. The molecular formula is C17H18N4O2. The fourth-order valence-electron chi connectivity index (χ4n) is 3.17. The Balaban J connectivity index is 1.59. The molecule has 0 atom stereocenters. The first-order chi connectivity index (χ1) is 11.2. The van der Waals surface area contributed by atoms with E-state index in [9.17, 15) is 4.79 Å². The number of aromatic amines is 1. The summed E-state index contributed by atoms with van der Waals surface area (Å²) in [6.07, 6.45) is 3.59. The zero-order valence-electron chi connectivity index (χ0n) is 13.0. The van der Waals surface area contributed by atoms with E-state index in [1.54, 1.807) is 13.1 Å². The minimum atomic E-state index is 0.152. The average molecular weight is 310 g/mol. The van der Waals surface area contributed by atoms with Gasteiger partial charge in [-0.15, -0.1) is 0 Å². The second-order valence-electron chi connectivity index (χ2n) is 5.98. The van der Waals surface area contributed by atoms with Gasteiger partial charge in [-0.3, -0.25) is 9.89 Å². The Morgan fingerprint density at radius 2 is 2.13 bits per heavy atom. The molecule has 6 nitrogen and oxygen atoms in total.